The standard InChI is InChI=1S/C18H23F3N2O/c1-12(2)23-11-15(17(16(23)24)7-9-22-10-8-17)13-3-5-14(6-4-13)18(19,20)21/h3-6,12,15,22H,7-11H2,1-2H3. The summed E-state index contributed by atoms with van der Waals surface area (Å²) in [4.78, 5) is 14.9. The van der Waals surface area contributed by atoms with Crippen LogP contribution < -0.4 is 5.32 Å². The van der Waals surface area contributed by atoms with E-state index >= 15 is 0 Å². The Morgan fingerprint density at radius 1 is 1.17 bits per heavy atom. The summed E-state index contributed by atoms with van der Waals surface area (Å²) in [5.74, 6) is 0.112. The second kappa shape index (κ2) is 6.06. The molecule has 0 radical (unpaired) electrons. The zero-order valence-electron chi connectivity index (χ0n) is 14.0. The summed E-state index contributed by atoms with van der Waals surface area (Å²) in [6.45, 7) is 6.11. The third-order valence-corrected chi connectivity index (χ3v) is 5.49. The highest BCUT2D eigenvalue weighted by Crippen LogP contribution is 2.50. The van der Waals surface area contributed by atoms with Gasteiger partial charge in [-0.2, -0.15) is 13.2 Å². The van der Waals surface area contributed by atoms with Crippen molar-refractivity contribution in [3.63, 3.8) is 0 Å². The Balaban J connectivity index is 1.96. The molecule has 2 aliphatic rings. The number of likely N-dealkylation sites (tertiary alicyclic amines) is 1. The molecule has 1 aromatic rings. The van der Waals surface area contributed by atoms with Gasteiger partial charge in [-0.3, -0.25) is 4.79 Å². The summed E-state index contributed by atoms with van der Waals surface area (Å²) in [5, 5.41) is 3.28. The van der Waals surface area contributed by atoms with Crippen LogP contribution in [0.5, 0.6) is 0 Å². The van der Waals surface area contributed by atoms with Gasteiger partial charge in [0.2, 0.25) is 5.91 Å². The van der Waals surface area contributed by atoms with Crippen LogP contribution in [-0.2, 0) is 11.0 Å². The maximum absolute atomic E-state index is 13.1. The minimum absolute atomic E-state index is 0.0446. The highest BCUT2D eigenvalue weighted by atomic mass is 19.4. The van der Waals surface area contributed by atoms with Gasteiger partial charge in [-0.25, -0.2) is 0 Å². The molecule has 6 heteroatoms. The van der Waals surface area contributed by atoms with Crippen molar-refractivity contribution in [3.05, 3.63) is 35.4 Å². The van der Waals surface area contributed by atoms with Crippen molar-refractivity contribution in [2.45, 2.75) is 44.8 Å². The van der Waals surface area contributed by atoms with Crippen molar-refractivity contribution < 1.29 is 18.0 Å². The molecular weight excluding hydrogens is 317 g/mol. The van der Waals surface area contributed by atoms with Gasteiger partial charge in [0.25, 0.3) is 0 Å². The van der Waals surface area contributed by atoms with E-state index in [1.54, 1.807) is 12.1 Å². The first-order chi connectivity index (χ1) is 11.3. The SMILES string of the molecule is CC(C)N1CC(c2ccc(C(F)(F)F)cc2)C2(CCNCC2)C1=O. The quantitative estimate of drug-likeness (QED) is 0.895. The summed E-state index contributed by atoms with van der Waals surface area (Å²) in [7, 11) is 0. The molecule has 0 aromatic heterocycles. The van der Waals surface area contributed by atoms with Crippen LogP contribution in [0.4, 0.5) is 13.2 Å². The van der Waals surface area contributed by atoms with Crippen molar-refractivity contribution in [2.75, 3.05) is 19.6 Å². The summed E-state index contributed by atoms with van der Waals surface area (Å²) < 4.78 is 38.4. The Kier molecular flexibility index (Phi) is 4.36. The summed E-state index contributed by atoms with van der Waals surface area (Å²) in [5.41, 5.74) is -0.285. The Morgan fingerprint density at radius 3 is 2.25 bits per heavy atom. The molecule has 3 nitrogen and oxygen atoms in total. The lowest BCUT2D eigenvalue weighted by Gasteiger charge is -2.37. The summed E-state index contributed by atoms with van der Waals surface area (Å²) in [6, 6.07) is 5.46. The van der Waals surface area contributed by atoms with Gasteiger partial charge < -0.3 is 10.2 Å². The normalized spacial score (nSPS) is 24.2. The molecule has 1 atom stereocenters. The van der Waals surface area contributed by atoms with Gasteiger partial charge in [-0.05, 0) is 57.5 Å². The zero-order chi connectivity index (χ0) is 17.5. The summed E-state index contributed by atoms with van der Waals surface area (Å²) in [6.07, 6.45) is -2.86. The van der Waals surface area contributed by atoms with Crippen molar-refractivity contribution in [2.24, 2.45) is 5.41 Å². The molecule has 2 fully saturated rings. The van der Waals surface area contributed by atoms with E-state index in [9.17, 15) is 18.0 Å². The zero-order valence-corrected chi connectivity index (χ0v) is 14.0. The molecule has 2 heterocycles. The molecule has 0 saturated carbocycles. The van der Waals surface area contributed by atoms with E-state index in [0.717, 1.165) is 43.6 Å². The van der Waals surface area contributed by atoms with Crippen molar-refractivity contribution in [1.82, 2.24) is 10.2 Å². The number of alkyl halides is 3. The van der Waals surface area contributed by atoms with Gasteiger partial charge in [0, 0.05) is 18.5 Å². The number of nitrogens with zero attached hydrogens (tertiary/aromatic N) is 1. The number of amides is 1. The van der Waals surface area contributed by atoms with E-state index in [1.165, 1.54) is 0 Å². The average Bonchev–Trinajstić information content (AvgIpc) is 2.81. The predicted molar refractivity (Wildman–Crippen MR) is 85.6 cm³/mol. The Hall–Kier alpha value is -1.56. The Labute approximate surface area is 140 Å². The highest BCUT2D eigenvalue weighted by Gasteiger charge is 2.54. The first-order valence-corrected chi connectivity index (χ1v) is 8.44. The minimum Gasteiger partial charge on any atom is -0.339 e. The Bertz CT molecular complexity index is 604. The van der Waals surface area contributed by atoms with Crippen molar-refractivity contribution in [3.8, 4) is 0 Å². The van der Waals surface area contributed by atoms with Gasteiger partial charge in [0.05, 0.1) is 11.0 Å². The second-order valence-corrected chi connectivity index (χ2v) is 7.13. The maximum Gasteiger partial charge on any atom is 0.416 e. The second-order valence-electron chi connectivity index (χ2n) is 7.13. The van der Waals surface area contributed by atoms with Crippen LogP contribution in [0.25, 0.3) is 0 Å². The monoisotopic (exact) mass is 340 g/mol. The van der Waals surface area contributed by atoms with Crippen LogP contribution in [0.2, 0.25) is 0 Å². The van der Waals surface area contributed by atoms with Gasteiger partial charge >= 0.3 is 6.18 Å². The molecule has 1 aromatic carbocycles. The molecule has 1 amide bonds. The van der Waals surface area contributed by atoms with Crippen molar-refractivity contribution >= 4 is 5.91 Å². The van der Waals surface area contributed by atoms with Gasteiger partial charge in [0.15, 0.2) is 0 Å². The van der Waals surface area contributed by atoms with Crippen LogP contribution in [-0.4, -0.2) is 36.5 Å². The van der Waals surface area contributed by atoms with Crippen LogP contribution in [0.15, 0.2) is 24.3 Å². The molecule has 1 spiro atoms. The third kappa shape index (κ3) is 2.81. The van der Waals surface area contributed by atoms with Crippen molar-refractivity contribution in [1.29, 1.82) is 0 Å². The molecule has 2 saturated heterocycles. The third-order valence-electron chi connectivity index (χ3n) is 5.49. The van der Waals surface area contributed by atoms with Gasteiger partial charge in [-0.15, -0.1) is 0 Å². The number of hydrogen-bond acceptors (Lipinski definition) is 2. The molecule has 3 rings (SSSR count). The number of hydrogen-bond donors (Lipinski definition) is 1. The smallest absolute Gasteiger partial charge is 0.339 e. The fourth-order valence-electron chi connectivity index (χ4n) is 4.10. The lowest BCUT2D eigenvalue weighted by atomic mass is 9.68. The Morgan fingerprint density at radius 2 is 1.75 bits per heavy atom. The first kappa shape index (κ1) is 17.3. The van der Waals surface area contributed by atoms with Crippen LogP contribution in [0.3, 0.4) is 0 Å². The molecule has 2 aliphatic heterocycles. The fourth-order valence-corrected chi connectivity index (χ4v) is 4.10. The van der Waals surface area contributed by atoms with E-state index < -0.39 is 17.2 Å². The fraction of sp³-hybridized carbons (Fsp3) is 0.611. The largest absolute Gasteiger partial charge is 0.416 e. The number of rotatable bonds is 2. The first-order valence-electron chi connectivity index (χ1n) is 8.44. The van der Waals surface area contributed by atoms with Crippen LogP contribution >= 0.6 is 0 Å². The highest BCUT2D eigenvalue weighted by molar-refractivity contribution is 5.87. The van der Waals surface area contributed by atoms with E-state index in [0.29, 0.717) is 6.54 Å². The van der Waals surface area contributed by atoms with E-state index in [1.807, 2.05) is 18.7 Å². The number of carbonyl (C=O) groups excluding carboxylic acids is 1. The van der Waals surface area contributed by atoms with Crippen LogP contribution in [0.1, 0.15) is 43.7 Å². The number of carbonyl (C=O) groups is 1. The molecule has 1 unspecified atom stereocenters. The number of halogens is 3. The van der Waals surface area contributed by atoms with Gasteiger partial charge in [-0.1, -0.05) is 12.1 Å². The van der Waals surface area contributed by atoms with Gasteiger partial charge in [0.1, 0.15) is 0 Å². The molecule has 132 valence electrons. The molecule has 24 heavy (non-hydrogen) atoms. The molecule has 0 aliphatic carbocycles. The number of piperidine rings is 1. The maximum atomic E-state index is 13.1. The number of nitrogens with one attached hydrogen (secondary N) is 1. The van der Waals surface area contributed by atoms with E-state index in [4.69, 9.17) is 0 Å². The number of benzene rings is 1. The molecule has 0 bridgehead atoms. The van der Waals surface area contributed by atoms with E-state index in [2.05, 4.69) is 5.32 Å². The van der Waals surface area contributed by atoms with Crippen LogP contribution in [0, 0.1) is 5.41 Å². The van der Waals surface area contributed by atoms with E-state index in [-0.39, 0.29) is 17.9 Å². The average molecular weight is 340 g/mol. The minimum atomic E-state index is -4.33. The lowest BCUT2D eigenvalue weighted by Crippen LogP contribution is -2.45. The molecule has 1 N–H and O–H groups in total. The predicted octanol–water partition coefficient (Wildman–Crippen LogP) is 3.41. The summed E-state index contributed by atoms with van der Waals surface area (Å²) >= 11 is 0. The molecular formula is C18H23F3N2O. The topological polar surface area (TPSA) is 32.3 Å². The lowest BCUT2D eigenvalue weighted by molar-refractivity contribution is -0.139.